The first-order valence-corrected chi connectivity index (χ1v) is 7.17. The Morgan fingerprint density at radius 1 is 0.895 bits per heavy atom. The van der Waals surface area contributed by atoms with Crippen LogP contribution in [0.4, 0.5) is 5.82 Å². The van der Waals surface area contributed by atoms with Gasteiger partial charge in [0.1, 0.15) is 5.69 Å². The van der Waals surface area contributed by atoms with Gasteiger partial charge in [-0.25, -0.2) is 0 Å². The largest absolute Gasteiger partial charge is 0.382 e. The first-order chi connectivity index (χ1) is 9.29. The average molecular weight is 267 g/mol. The van der Waals surface area contributed by atoms with E-state index in [1.807, 2.05) is 24.3 Å². The fourth-order valence-electron chi connectivity index (χ4n) is 2.09. The van der Waals surface area contributed by atoms with Gasteiger partial charge in [0.15, 0.2) is 5.82 Å². The van der Waals surface area contributed by atoms with E-state index in [9.17, 15) is 0 Å². The lowest BCUT2D eigenvalue weighted by Gasteiger charge is -2.07. The summed E-state index contributed by atoms with van der Waals surface area (Å²) in [5, 5.41) is 10.3. The Hall–Kier alpha value is -2.07. The number of thioether (sulfide) groups is 1. The molecule has 0 unspecified atom stereocenters. The van der Waals surface area contributed by atoms with Gasteiger partial charge >= 0.3 is 0 Å². The second-order valence-electron chi connectivity index (χ2n) is 4.21. The van der Waals surface area contributed by atoms with Crippen molar-refractivity contribution in [2.24, 2.45) is 0 Å². The summed E-state index contributed by atoms with van der Waals surface area (Å²) in [4.78, 5) is 1.23. The molecule has 0 aliphatic rings. The molecule has 0 saturated carbocycles. The molecule has 0 fully saturated rings. The molecule has 94 valence electrons. The van der Waals surface area contributed by atoms with Crippen molar-refractivity contribution in [3.63, 3.8) is 0 Å². The van der Waals surface area contributed by atoms with Crippen molar-refractivity contribution in [1.29, 1.82) is 0 Å². The van der Waals surface area contributed by atoms with Crippen LogP contribution in [0, 0.1) is 0 Å². The van der Waals surface area contributed by atoms with Crippen LogP contribution in [0.15, 0.2) is 53.4 Å². The van der Waals surface area contributed by atoms with Crippen LogP contribution >= 0.6 is 11.8 Å². The van der Waals surface area contributed by atoms with Crippen LogP contribution in [0.25, 0.3) is 22.0 Å². The average Bonchev–Trinajstić information content (AvgIpc) is 2.48. The highest BCUT2D eigenvalue weighted by Gasteiger charge is 2.08. The topological polar surface area (TPSA) is 51.8 Å². The summed E-state index contributed by atoms with van der Waals surface area (Å²) in [6, 6.07) is 16.3. The predicted octanol–water partition coefficient (Wildman–Crippen LogP) is 3.60. The molecule has 0 aliphatic heterocycles. The Labute approximate surface area is 115 Å². The Morgan fingerprint density at radius 2 is 1.58 bits per heavy atom. The van der Waals surface area contributed by atoms with E-state index in [1.165, 1.54) is 4.90 Å². The number of benzene rings is 2. The minimum Gasteiger partial charge on any atom is -0.382 e. The van der Waals surface area contributed by atoms with Crippen molar-refractivity contribution in [2.75, 3.05) is 12.0 Å². The molecule has 0 atom stereocenters. The first-order valence-electron chi connectivity index (χ1n) is 5.95. The first kappa shape index (κ1) is 12.0. The zero-order valence-corrected chi connectivity index (χ0v) is 11.3. The van der Waals surface area contributed by atoms with E-state index in [4.69, 9.17) is 5.73 Å². The minimum absolute atomic E-state index is 0.472. The lowest BCUT2D eigenvalue weighted by Crippen LogP contribution is -1.97. The van der Waals surface area contributed by atoms with E-state index in [-0.39, 0.29) is 0 Å². The number of nitrogen functional groups attached to an aromatic ring is 1. The summed E-state index contributed by atoms with van der Waals surface area (Å²) in [7, 11) is 0. The molecule has 0 radical (unpaired) electrons. The summed E-state index contributed by atoms with van der Waals surface area (Å²) in [6.07, 6.45) is 2.06. The normalized spacial score (nSPS) is 10.8. The van der Waals surface area contributed by atoms with E-state index in [1.54, 1.807) is 11.8 Å². The molecule has 0 amide bonds. The van der Waals surface area contributed by atoms with Crippen molar-refractivity contribution in [2.45, 2.75) is 4.90 Å². The summed E-state index contributed by atoms with van der Waals surface area (Å²) in [5.74, 6) is 0.472. The third-order valence-corrected chi connectivity index (χ3v) is 3.82. The number of aromatic nitrogens is 2. The maximum Gasteiger partial charge on any atom is 0.154 e. The van der Waals surface area contributed by atoms with Gasteiger partial charge in [0.05, 0.1) is 0 Å². The lowest BCUT2D eigenvalue weighted by atomic mass is 10.0. The number of hydrogen-bond donors (Lipinski definition) is 1. The van der Waals surface area contributed by atoms with Gasteiger partial charge in [-0.15, -0.1) is 22.0 Å². The van der Waals surface area contributed by atoms with Gasteiger partial charge in [-0.3, -0.25) is 0 Å². The number of rotatable bonds is 2. The molecule has 3 aromatic rings. The number of nitrogens with zero attached hydrogens (tertiary/aromatic N) is 2. The van der Waals surface area contributed by atoms with Gasteiger partial charge in [-0.1, -0.05) is 36.4 Å². The molecule has 0 aliphatic carbocycles. The predicted molar refractivity (Wildman–Crippen MR) is 81.2 cm³/mol. The number of hydrogen-bond acceptors (Lipinski definition) is 4. The highest BCUT2D eigenvalue weighted by Crippen LogP contribution is 2.29. The zero-order chi connectivity index (χ0) is 13.2. The van der Waals surface area contributed by atoms with Crippen LogP contribution in [-0.4, -0.2) is 16.5 Å². The molecule has 0 spiro atoms. The molecular formula is C15H13N3S. The van der Waals surface area contributed by atoms with Crippen LogP contribution in [0.1, 0.15) is 0 Å². The monoisotopic (exact) mass is 267 g/mol. The van der Waals surface area contributed by atoms with Crippen LogP contribution < -0.4 is 5.73 Å². The molecule has 0 saturated heterocycles. The Morgan fingerprint density at radius 3 is 2.26 bits per heavy atom. The summed E-state index contributed by atoms with van der Waals surface area (Å²) >= 11 is 1.72. The van der Waals surface area contributed by atoms with Crippen LogP contribution in [-0.2, 0) is 0 Å². The molecule has 0 bridgehead atoms. The Kier molecular flexibility index (Phi) is 3.09. The third-order valence-electron chi connectivity index (χ3n) is 3.08. The molecule has 19 heavy (non-hydrogen) atoms. The number of nitrogens with two attached hydrogens (primary N) is 1. The SMILES string of the molecule is CSc1ccc(-c2nnc(N)c3ccccc23)cc1. The molecular weight excluding hydrogens is 254 g/mol. The molecule has 3 rings (SSSR count). The van der Waals surface area contributed by atoms with Gasteiger partial charge in [0.25, 0.3) is 0 Å². The third kappa shape index (κ3) is 2.15. The second-order valence-corrected chi connectivity index (χ2v) is 5.09. The van der Waals surface area contributed by atoms with E-state index in [0.29, 0.717) is 5.82 Å². The molecule has 3 nitrogen and oxygen atoms in total. The highest BCUT2D eigenvalue weighted by atomic mass is 32.2. The number of anilines is 1. The maximum atomic E-state index is 5.87. The van der Waals surface area contributed by atoms with E-state index in [2.05, 4.69) is 40.7 Å². The van der Waals surface area contributed by atoms with Gasteiger partial charge in [-0.05, 0) is 18.4 Å². The second kappa shape index (κ2) is 4.90. The lowest BCUT2D eigenvalue weighted by molar-refractivity contribution is 1.07. The Bertz CT molecular complexity index is 723. The van der Waals surface area contributed by atoms with Gasteiger partial charge < -0.3 is 5.73 Å². The number of fused-ring (bicyclic) bond motifs is 1. The van der Waals surface area contributed by atoms with Crippen molar-refractivity contribution >= 4 is 28.4 Å². The molecule has 2 aromatic carbocycles. The molecule has 4 heteroatoms. The van der Waals surface area contributed by atoms with Crippen LogP contribution in [0.2, 0.25) is 0 Å². The van der Waals surface area contributed by atoms with E-state index >= 15 is 0 Å². The summed E-state index contributed by atoms with van der Waals surface area (Å²) in [5.41, 5.74) is 7.80. The van der Waals surface area contributed by atoms with Crippen LogP contribution in [0.3, 0.4) is 0 Å². The van der Waals surface area contributed by atoms with Gasteiger partial charge in [0.2, 0.25) is 0 Å². The fourth-order valence-corrected chi connectivity index (χ4v) is 2.49. The van der Waals surface area contributed by atoms with Crippen LogP contribution in [0.5, 0.6) is 0 Å². The van der Waals surface area contributed by atoms with Crippen molar-refractivity contribution in [3.05, 3.63) is 48.5 Å². The Balaban J connectivity index is 2.21. The minimum atomic E-state index is 0.472. The summed E-state index contributed by atoms with van der Waals surface area (Å²) in [6.45, 7) is 0. The molecule has 2 N–H and O–H groups in total. The van der Waals surface area contributed by atoms with E-state index < -0.39 is 0 Å². The highest BCUT2D eigenvalue weighted by molar-refractivity contribution is 7.98. The molecule has 1 heterocycles. The fraction of sp³-hybridized carbons (Fsp3) is 0.0667. The summed E-state index contributed by atoms with van der Waals surface area (Å²) < 4.78 is 0. The van der Waals surface area contributed by atoms with Gasteiger partial charge in [-0.2, -0.15) is 0 Å². The maximum absolute atomic E-state index is 5.87. The zero-order valence-electron chi connectivity index (χ0n) is 10.5. The van der Waals surface area contributed by atoms with Crippen molar-refractivity contribution < 1.29 is 0 Å². The van der Waals surface area contributed by atoms with Gasteiger partial charge in [0, 0.05) is 21.2 Å². The van der Waals surface area contributed by atoms with E-state index in [0.717, 1.165) is 22.0 Å². The van der Waals surface area contributed by atoms with Crippen molar-refractivity contribution in [3.8, 4) is 11.3 Å². The standard InChI is InChI=1S/C15H13N3S/c1-19-11-8-6-10(7-9-11)14-12-4-2-3-5-13(12)15(16)18-17-14/h2-9H,1H3,(H2,16,18). The smallest absolute Gasteiger partial charge is 0.154 e. The molecule has 1 aromatic heterocycles. The van der Waals surface area contributed by atoms with Crippen molar-refractivity contribution in [1.82, 2.24) is 10.2 Å². The quantitative estimate of drug-likeness (QED) is 0.721.